The average Bonchev–Trinajstić information content (AvgIpc) is 2.67. The van der Waals surface area contributed by atoms with Gasteiger partial charge in [-0.25, -0.2) is 18.1 Å². The molecule has 1 saturated heterocycles. The molecule has 28 heavy (non-hydrogen) atoms. The second-order valence-corrected chi connectivity index (χ2v) is 8.70. The summed E-state index contributed by atoms with van der Waals surface area (Å²) in [6, 6.07) is 6.73. The van der Waals surface area contributed by atoms with E-state index in [2.05, 4.69) is 24.9 Å². The Bertz CT molecular complexity index is 933. The zero-order chi connectivity index (χ0) is 20.1. The summed E-state index contributed by atoms with van der Waals surface area (Å²) >= 11 is 5.92. The van der Waals surface area contributed by atoms with E-state index in [1.54, 1.807) is 19.1 Å². The van der Waals surface area contributed by atoms with Crippen LogP contribution in [0.15, 0.2) is 29.2 Å². The van der Waals surface area contributed by atoms with Gasteiger partial charge in [0.2, 0.25) is 16.0 Å². The van der Waals surface area contributed by atoms with Crippen LogP contribution in [-0.4, -0.2) is 57.8 Å². The van der Waals surface area contributed by atoms with Gasteiger partial charge in [0.25, 0.3) is 0 Å². The molecule has 0 atom stereocenters. The van der Waals surface area contributed by atoms with Gasteiger partial charge in [-0.05, 0) is 31.5 Å². The lowest BCUT2D eigenvalue weighted by molar-refractivity contribution is 0.122. The maximum atomic E-state index is 12.5. The number of ether oxygens (including phenoxy) is 1. The fourth-order valence-electron chi connectivity index (χ4n) is 2.89. The van der Waals surface area contributed by atoms with Crippen molar-refractivity contribution in [2.75, 3.05) is 49.6 Å². The molecule has 1 aromatic carbocycles. The predicted octanol–water partition coefficient (Wildman–Crippen LogP) is 1.97. The van der Waals surface area contributed by atoms with E-state index in [0.717, 1.165) is 24.6 Å². The molecule has 3 rings (SSSR count). The quantitative estimate of drug-likeness (QED) is 0.654. The van der Waals surface area contributed by atoms with Gasteiger partial charge in [0, 0.05) is 43.0 Å². The van der Waals surface area contributed by atoms with Crippen LogP contribution in [0.5, 0.6) is 0 Å². The highest BCUT2D eigenvalue weighted by Gasteiger charge is 2.17. The monoisotopic (exact) mass is 425 g/mol. The van der Waals surface area contributed by atoms with Crippen molar-refractivity contribution in [2.24, 2.45) is 0 Å². The zero-order valence-electron chi connectivity index (χ0n) is 15.9. The molecule has 2 aromatic rings. The molecule has 0 spiro atoms. The van der Waals surface area contributed by atoms with E-state index in [0.29, 0.717) is 36.3 Å². The first-order valence-electron chi connectivity index (χ1n) is 9.03. The molecule has 1 aliphatic heterocycles. The van der Waals surface area contributed by atoms with Gasteiger partial charge < -0.3 is 15.0 Å². The summed E-state index contributed by atoms with van der Waals surface area (Å²) in [6.45, 7) is 7.11. The summed E-state index contributed by atoms with van der Waals surface area (Å²) in [6.07, 6.45) is 0. The highest BCUT2D eigenvalue weighted by atomic mass is 35.5. The van der Waals surface area contributed by atoms with Crippen LogP contribution < -0.4 is 14.9 Å². The number of aryl methyl sites for hydroxylation is 2. The number of benzene rings is 1. The number of anilines is 2. The molecular weight excluding hydrogens is 402 g/mol. The third-order valence-corrected chi connectivity index (χ3v) is 6.15. The predicted molar refractivity (Wildman–Crippen MR) is 110 cm³/mol. The molecule has 0 unspecified atom stereocenters. The van der Waals surface area contributed by atoms with Gasteiger partial charge in [0.05, 0.1) is 18.1 Å². The molecule has 1 aromatic heterocycles. The summed E-state index contributed by atoms with van der Waals surface area (Å²) < 4.78 is 32.9. The van der Waals surface area contributed by atoms with Gasteiger partial charge in [-0.3, -0.25) is 0 Å². The number of hydrogen-bond donors (Lipinski definition) is 2. The summed E-state index contributed by atoms with van der Waals surface area (Å²) in [4.78, 5) is 11.2. The summed E-state index contributed by atoms with van der Waals surface area (Å²) in [5.41, 5.74) is 1.48. The zero-order valence-corrected chi connectivity index (χ0v) is 17.5. The number of hydrogen-bond acceptors (Lipinski definition) is 7. The van der Waals surface area contributed by atoms with Crippen molar-refractivity contribution >= 4 is 33.4 Å². The van der Waals surface area contributed by atoms with Gasteiger partial charge in [-0.1, -0.05) is 17.7 Å². The lowest BCUT2D eigenvalue weighted by Crippen LogP contribution is -2.37. The average molecular weight is 426 g/mol. The van der Waals surface area contributed by atoms with Crippen molar-refractivity contribution in [3.05, 3.63) is 40.5 Å². The first-order chi connectivity index (χ1) is 13.3. The molecule has 0 aliphatic carbocycles. The Morgan fingerprint density at radius 3 is 2.64 bits per heavy atom. The second-order valence-electron chi connectivity index (χ2n) is 6.52. The van der Waals surface area contributed by atoms with E-state index >= 15 is 0 Å². The van der Waals surface area contributed by atoms with E-state index in [9.17, 15) is 8.42 Å². The van der Waals surface area contributed by atoms with Gasteiger partial charge in [0.15, 0.2) is 0 Å². The van der Waals surface area contributed by atoms with Crippen molar-refractivity contribution < 1.29 is 13.2 Å². The Kier molecular flexibility index (Phi) is 6.71. The van der Waals surface area contributed by atoms with Crippen LogP contribution in [0.2, 0.25) is 5.02 Å². The summed E-state index contributed by atoms with van der Waals surface area (Å²) in [5, 5.41) is 3.46. The minimum Gasteiger partial charge on any atom is -0.378 e. The second kappa shape index (κ2) is 9.04. The van der Waals surface area contributed by atoms with Gasteiger partial charge in [0.1, 0.15) is 5.82 Å². The number of rotatable bonds is 7. The lowest BCUT2D eigenvalue weighted by atomic mass is 10.2. The van der Waals surface area contributed by atoms with Crippen molar-refractivity contribution in [3.63, 3.8) is 0 Å². The van der Waals surface area contributed by atoms with Crippen LogP contribution in [0.1, 0.15) is 11.3 Å². The number of aromatic nitrogens is 2. The standard InChI is InChI=1S/C18H24ClN5O3S/c1-13-3-4-15(19)12-16(13)28(25,26)21-6-5-20-18-22-14(2)11-17(23-18)24-7-9-27-10-8-24/h3-4,11-12,21H,5-10H2,1-2H3,(H,20,22,23). The van der Waals surface area contributed by atoms with Crippen molar-refractivity contribution in [1.82, 2.24) is 14.7 Å². The molecule has 2 heterocycles. The molecule has 10 heteroatoms. The van der Waals surface area contributed by atoms with E-state index in [4.69, 9.17) is 16.3 Å². The van der Waals surface area contributed by atoms with Crippen LogP contribution in [0.3, 0.4) is 0 Å². The van der Waals surface area contributed by atoms with E-state index in [-0.39, 0.29) is 11.4 Å². The lowest BCUT2D eigenvalue weighted by Gasteiger charge is -2.28. The third-order valence-electron chi connectivity index (χ3n) is 4.32. The molecule has 0 amide bonds. The number of halogens is 1. The van der Waals surface area contributed by atoms with E-state index < -0.39 is 10.0 Å². The third kappa shape index (κ3) is 5.32. The van der Waals surface area contributed by atoms with Crippen LogP contribution in [0.4, 0.5) is 11.8 Å². The maximum absolute atomic E-state index is 12.5. The molecule has 0 bridgehead atoms. The van der Waals surface area contributed by atoms with Crippen molar-refractivity contribution in [3.8, 4) is 0 Å². The molecule has 1 aliphatic rings. The van der Waals surface area contributed by atoms with Crippen LogP contribution in [0, 0.1) is 13.8 Å². The van der Waals surface area contributed by atoms with E-state index in [1.165, 1.54) is 6.07 Å². The topological polar surface area (TPSA) is 96.5 Å². The molecule has 2 N–H and O–H groups in total. The minimum atomic E-state index is -3.64. The van der Waals surface area contributed by atoms with Crippen molar-refractivity contribution in [2.45, 2.75) is 18.7 Å². The first-order valence-corrected chi connectivity index (χ1v) is 10.9. The smallest absolute Gasteiger partial charge is 0.240 e. The number of nitrogens with zero attached hydrogens (tertiary/aromatic N) is 3. The SMILES string of the molecule is Cc1cc(N2CCOCC2)nc(NCCNS(=O)(=O)c2cc(Cl)ccc2C)n1. The fraction of sp³-hybridized carbons (Fsp3) is 0.444. The Labute approximate surface area is 170 Å². The molecule has 0 saturated carbocycles. The molecule has 152 valence electrons. The molecule has 1 fully saturated rings. The summed E-state index contributed by atoms with van der Waals surface area (Å²) in [7, 11) is -3.64. The number of nitrogens with one attached hydrogen (secondary N) is 2. The highest BCUT2D eigenvalue weighted by Crippen LogP contribution is 2.20. The maximum Gasteiger partial charge on any atom is 0.240 e. The van der Waals surface area contributed by atoms with Gasteiger partial charge in [-0.15, -0.1) is 0 Å². The van der Waals surface area contributed by atoms with Crippen LogP contribution in [-0.2, 0) is 14.8 Å². The van der Waals surface area contributed by atoms with E-state index in [1.807, 2.05) is 13.0 Å². The molecular formula is C18H24ClN5O3S. The summed E-state index contributed by atoms with van der Waals surface area (Å²) in [5.74, 6) is 1.31. The number of sulfonamides is 1. The number of morpholine rings is 1. The van der Waals surface area contributed by atoms with Crippen LogP contribution in [0.25, 0.3) is 0 Å². The van der Waals surface area contributed by atoms with Gasteiger partial charge in [-0.2, -0.15) is 4.98 Å². The highest BCUT2D eigenvalue weighted by molar-refractivity contribution is 7.89. The van der Waals surface area contributed by atoms with Crippen molar-refractivity contribution in [1.29, 1.82) is 0 Å². The normalized spacial score (nSPS) is 14.9. The molecule has 0 radical (unpaired) electrons. The molecule has 8 nitrogen and oxygen atoms in total. The Morgan fingerprint density at radius 2 is 1.89 bits per heavy atom. The minimum absolute atomic E-state index is 0.182. The van der Waals surface area contributed by atoms with Gasteiger partial charge >= 0.3 is 0 Å². The Morgan fingerprint density at radius 1 is 1.14 bits per heavy atom. The fourth-order valence-corrected chi connectivity index (χ4v) is 4.42. The largest absolute Gasteiger partial charge is 0.378 e. The first kappa shape index (κ1) is 20.8. The Balaban J connectivity index is 1.59. The Hall–Kier alpha value is -1.94. The van der Waals surface area contributed by atoms with Crippen LogP contribution >= 0.6 is 11.6 Å².